The number of rotatable bonds is 7. The maximum absolute atomic E-state index is 5.55. The van der Waals surface area contributed by atoms with Crippen molar-refractivity contribution in [3.05, 3.63) is 11.8 Å². The Morgan fingerprint density at radius 2 is 2.08 bits per heavy atom. The predicted molar refractivity (Wildman–Crippen MR) is 54.3 cm³/mol. The minimum absolute atomic E-state index is 0.265. The molecule has 0 N–H and O–H groups in total. The summed E-state index contributed by atoms with van der Waals surface area (Å²) >= 11 is 5.55. The van der Waals surface area contributed by atoms with Gasteiger partial charge in [0.15, 0.2) is 5.22 Å². The highest BCUT2D eigenvalue weighted by Gasteiger charge is 2.06. The third kappa shape index (κ3) is 6.53. The lowest BCUT2D eigenvalue weighted by atomic mass is 10.1. The molecule has 0 radical (unpaired) electrons. The molecule has 0 aromatic carbocycles. The Labute approximate surface area is 80.8 Å². The molecule has 0 aromatic rings. The highest BCUT2D eigenvalue weighted by Crippen LogP contribution is 2.14. The molecule has 0 aliphatic rings. The van der Waals surface area contributed by atoms with Gasteiger partial charge in [-0.25, -0.2) is 0 Å². The molecule has 0 amide bonds. The van der Waals surface area contributed by atoms with E-state index in [1.54, 1.807) is 0 Å². The van der Waals surface area contributed by atoms with E-state index in [1.165, 1.54) is 19.3 Å². The van der Waals surface area contributed by atoms with Gasteiger partial charge in [0.05, 0.1) is 6.10 Å². The molecule has 0 aliphatic carbocycles. The molecule has 2 heteroatoms. The molecule has 0 fully saturated rings. The molecule has 0 saturated carbocycles. The van der Waals surface area contributed by atoms with Gasteiger partial charge in [-0.2, -0.15) is 0 Å². The fraction of sp³-hybridized carbons (Fsp3) is 0.800. The van der Waals surface area contributed by atoms with Crippen LogP contribution in [-0.4, -0.2) is 6.10 Å². The molecule has 0 heterocycles. The molecular weight excluding hydrogens is 172 g/mol. The van der Waals surface area contributed by atoms with Gasteiger partial charge in [-0.05, 0) is 37.4 Å². The molecule has 1 atom stereocenters. The maximum atomic E-state index is 5.55. The van der Waals surface area contributed by atoms with Gasteiger partial charge in [-0.1, -0.05) is 26.7 Å². The van der Waals surface area contributed by atoms with E-state index in [-0.39, 0.29) is 6.10 Å². The molecule has 1 nitrogen and oxygen atoms in total. The molecule has 0 bridgehead atoms. The Balaban J connectivity index is 3.46. The normalized spacial score (nSPS) is 12.6. The number of hydrogen-bond donors (Lipinski definition) is 0. The zero-order valence-electron chi connectivity index (χ0n) is 8.11. The number of unbranched alkanes of at least 4 members (excludes halogenated alkanes) is 2. The van der Waals surface area contributed by atoms with Crippen molar-refractivity contribution in [1.82, 2.24) is 0 Å². The van der Waals surface area contributed by atoms with Crippen LogP contribution in [0.3, 0.4) is 0 Å². The van der Waals surface area contributed by atoms with Gasteiger partial charge in [0.2, 0.25) is 0 Å². The van der Waals surface area contributed by atoms with E-state index >= 15 is 0 Å². The van der Waals surface area contributed by atoms with Crippen molar-refractivity contribution in [3.63, 3.8) is 0 Å². The van der Waals surface area contributed by atoms with Crippen LogP contribution in [0.15, 0.2) is 11.8 Å². The third-order valence-electron chi connectivity index (χ3n) is 1.88. The summed E-state index contributed by atoms with van der Waals surface area (Å²) in [5, 5.41) is 0.318. The Morgan fingerprint density at radius 1 is 1.42 bits per heavy atom. The molecule has 12 heavy (non-hydrogen) atoms. The Hall–Kier alpha value is -0.170. The van der Waals surface area contributed by atoms with E-state index in [0.717, 1.165) is 12.8 Å². The van der Waals surface area contributed by atoms with Crippen LogP contribution in [0.2, 0.25) is 0 Å². The lowest BCUT2D eigenvalue weighted by Crippen LogP contribution is -2.09. The van der Waals surface area contributed by atoms with Gasteiger partial charge in [0, 0.05) is 0 Å². The molecule has 0 aliphatic heterocycles. The van der Waals surface area contributed by atoms with Gasteiger partial charge in [-0.15, -0.1) is 0 Å². The van der Waals surface area contributed by atoms with Gasteiger partial charge >= 0.3 is 0 Å². The van der Waals surface area contributed by atoms with Gasteiger partial charge in [-0.3, -0.25) is 0 Å². The first-order valence-electron chi connectivity index (χ1n) is 4.71. The van der Waals surface area contributed by atoms with Crippen LogP contribution in [-0.2, 0) is 4.74 Å². The quantitative estimate of drug-likeness (QED) is 0.435. The van der Waals surface area contributed by atoms with Crippen molar-refractivity contribution in [2.45, 2.75) is 52.1 Å². The third-order valence-corrected chi connectivity index (χ3v) is 1.97. The fourth-order valence-electron chi connectivity index (χ4n) is 1.15. The minimum atomic E-state index is 0.265. The van der Waals surface area contributed by atoms with Crippen molar-refractivity contribution in [1.29, 1.82) is 0 Å². The summed E-state index contributed by atoms with van der Waals surface area (Å²) < 4.78 is 5.32. The summed E-state index contributed by atoms with van der Waals surface area (Å²) in [5.74, 6) is 0. The van der Waals surface area contributed by atoms with Crippen molar-refractivity contribution in [2.75, 3.05) is 0 Å². The zero-order valence-corrected chi connectivity index (χ0v) is 8.86. The standard InChI is InChI=1S/C10H19ClO/c1-4-6-7-8-10(5-2)12-9(3)11/h10H,3-8H2,1-2H3. The SMILES string of the molecule is C=C(Cl)OC(CC)CCCCC. The van der Waals surface area contributed by atoms with Crippen LogP contribution < -0.4 is 0 Å². The summed E-state index contributed by atoms with van der Waals surface area (Å²) in [6, 6.07) is 0. The van der Waals surface area contributed by atoms with E-state index in [4.69, 9.17) is 16.3 Å². The zero-order chi connectivity index (χ0) is 9.40. The van der Waals surface area contributed by atoms with Crippen molar-refractivity contribution >= 4 is 11.6 Å². The first-order chi connectivity index (χ1) is 5.70. The highest BCUT2D eigenvalue weighted by molar-refractivity contribution is 6.27. The summed E-state index contributed by atoms with van der Waals surface area (Å²) in [5.41, 5.74) is 0. The van der Waals surface area contributed by atoms with Crippen molar-refractivity contribution in [3.8, 4) is 0 Å². The minimum Gasteiger partial charge on any atom is -0.480 e. The van der Waals surface area contributed by atoms with Crippen molar-refractivity contribution in [2.24, 2.45) is 0 Å². The first kappa shape index (κ1) is 11.8. The van der Waals surface area contributed by atoms with Crippen LogP contribution in [0.1, 0.15) is 46.0 Å². The van der Waals surface area contributed by atoms with Gasteiger partial charge in [0.25, 0.3) is 0 Å². The lowest BCUT2D eigenvalue weighted by molar-refractivity contribution is 0.120. The summed E-state index contributed by atoms with van der Waals surface area (Å²) in [6.45, 7) is 7.82. The monoisotopic (exact) mass is 190 g/mol. The first-order valence-corrected chi connectivity index (χ1v) is 5.09. The van der Waals surface area contributed by atoms with Crippen molar-refractivity contribution < 1.29 is 4.74 Å². The molecule has 0 rings (SSSR count). The highest BCUT2D eigenvalue weighted by atomic mass is 35.5. The second kappa shape index (κ2) is 7.48. The van der Waals surface area contributed by atoms with E-state index < -0.39 is 0 Å². The predicted octanol–water partition coefficient (Wildman–Crippen LogP) is 4.07. The lowest BCUT2D eigenvalue weighted by Gasteiger charge is -2.15. The van der Waals surface area contributed by atoms with Gasteiger partial charge in [0.1, 0.15) is 0 Å². The molecular formula is C10H19ClO. The van der Waals surface area contributed by atoms with Crippen LogP contribution >= 0.6 is 11.6 Å². The fourth-order valence-corrected chi connectivity index (χ4v) is 1.28. The number of halogens is 1. The Bertz CT molecular complexity index is 123. The van der Waals surface area contributed by atoms with E-state index in [2.05, 4.69) is 20.4 Å². The van der Waals surface area contributed by atoms with Crippen LogP contribution in [0.4, 0.5) is 0 Å². The Morgan fingerprint density at radius 3 is 2.50 bits per heavy atom. The van der Waals surface area contributed by atoms with E-state index in [0.29, 0.717) is 5.22 Å². The van der Waals surface area contributed by atoms with Crippen LogP contribution in [0, 0.1) is 0 Å². The summed E-state index contributed by atoms with van der Waals surface area (Å²) in [4.78, 5) is 0. The maximum Gasteiger partial charge on any atom is 0.179 e. The molecule has 72 valence electrons. The van der Waals surface area contributed by atoms with Gasteiger partial charge < -0.3 is 4.74 Å². The largest absolute Gasteiger partial charge is 0.480 e. The average Bonchev–Trinajstić information content (AvgIpc) is 2.02. The number of ether oxygens (including phenoxy) is 1. The van der Waals surface area contributed by atoms with Crippen LogP contribution in [0.25, 0.3) is 0 Å². The molecule has 0 spiro atoms. The average molecular weight is 191 g/mol. The van der Waals surface area contributed by atoms with E-state index in [9.17, 15) is 0 Å². The topological polar surface area (TPSA) is 9.23 Å². The summed E-state index contributed by atoms with van der Waals surface area (Å²) in [6.07, 6.45) is 6.11. The number of hydrogen-bond acceptors (Lipinski definition) is 1. The van der Waals surface area contributed by atoms with E-state index in [1.807, 2.05) is 0 Å². The Kier molecular flexibility index (Phi) is 7.37. The smallest absolute Gasteiger partial charge is 0.179 e. The summed E-state index contributed by atoms with van der Waals surface area (Å²) in [7, 11) is 0. The second-order valence-corrected chi connectivity index (χ2v) is 3.42. The molecule has 0 saturated heterocycles. The second-order valence-electron chi connectivity index (χ2n) is 3.00. The molecule has 0 aromatic heterocycles. The van der Waals surface area contributed by atoms with Crippen LogP contribution in [0.5, 0.6) is 0 Å². The molecule has 1 unspecified atom stereocenters.